The summed E-state index contributed by atoms with van der Waals surface area (Å²) in [7, 11) is 0. The monoisotopic (exact) mass is 410 g/mol. The van der Waals surface area contributed by atoms with E-state index >= 15 is 0 Å². The number of hydrogen-bond acceptors (Lipinski definition) is 6. The SMILES string of the molecule is Cc1ccc(C(=O)N2CCC[C@@H](C)[C@H]2CNc2nc(C)cs2)c(-n2nccn2)c1. The molecule has 1 aliphatic rings. The number of nitrogens with one attached hydrogen (secondary N) is 1. The molecule has 1 fully saturated rings. The number of piperidine rings is 1. The zero-order valence-corrected chi connectivity index (χ0v) is 17.8. The van der Waals surface area contributed by atoms with Crippen LogP contribution in [0, 0.1) is 19.8 Å². The number of aryl methyl sites for hydroxylation is 2. The van der Waals surface area contributed by atoms with Crippen molar-refractivity contribution in [2.75, 3.05) is 18.4 Å². The molecule has 1 aliphatic heterocycles. The van der Waals surface area contributed by atoms with Gasteiger partial charge >= 0.3 is 0 Å². The van der Waals surface area contributed by atoms with Gasteiger partial charge in [0.1, 0.15) is 0 Å². The molecule has 0 bridgehead atoms. The first-order valence-electron chi connectivity index (χ1n) is 9.97. The topological polar surface area (TPSA) is 75.9 Å². The Labute approximate surface area is 174 Å². The smallest absolute Gasteiger partial charge is 0.256 e. The normalized spacial score (nSPS) is 19.3. The van der Waals surface area contributed by atoms with Crippen LogP contribution in [0.5, 0.6) is 0 Å². The fraction of sp³-hybridized carbons (Fsp3) is 0.429. The van der Waals surface area contributed by atoms with Gasteiger partial charge in [-0.1, -0.05) is 13.0 Å². The zero-order chi connectivity index (χ0) is 20.4. The number of carbonyl (C=O) groups excluding carboxylic acids is 1. The number of thiazole rings is 1. The number of benzene rings is 1. The minimum absolute atomic E-state index is 0.0333. The van der Waals surface area contributed by atoms with Crippen LogP contribution in [0.2, 0.25) is 0 Å². The Bertz CT molecular complexity index is 983. The Hall–Kier alpha value is -2.74. The predicted molar refractivity (Wildman–Crippen MR) is 115 cm³/mol. The summed E-state index contributed by atoms with van der Waals surface area (Å²) >= 11 is 1.60. The van der Waals surface area contributed by atoms with Crippen LogP contribution >= 0.6 is 11.3 Å². The fourth-order valence-corrected chi connectivity index (χ4v) is 4.62. The number of anilines is 1. The number of carbonyl (C=O) groups is 1. The molecule has 2 atom stereocenters. The molecule has 2 aromatic heterocycles. The van der Waals surface area contributed by atoms with Gasteiger partial charge in [0, 0.05) is 18.5 Å². The molecule has 0 spiro atoms. The van der Waals surface area contributed by atoms with E-state index in [1.165, 1.54) is 4.80 Å². The van der Waals surface area contributed by atoms with Gasteiger partial charge in [0.15, 0.2) is 5.13 Å². The first-order chi connectivity index (χ1) is 14.0. The number of nitrogens with zero attached hydrogens (tertiary/aromatic N) is 5. The van der Waals surface area contributed by atoms with Gasteiger partial charge in [0.05, 0.1) is 35.4 Å². The molecule has 0 saturated carbocycles. The number of amides is 1. The zero-order valence-electron chi connectivity index (χ0n) is 17.0. The van der Waals surface area contributed by atoms with Gasteiger partial charge in [-0.25, -0.2) is 4.98 Å². The maximum atomic E-state index is 13.6. The molecule has 3 heterocycles. The third kappa shape index (κ3) is 4.17. The van der Waals surface area contributed by atoms with Crippen LogP contribution in [0.3, 0.4) is 0 Å². The van der Waals surface area contributed by atoms with Crippen molar-refractivity contribution in [3.05, 3.63) is 52.8 Å². The lowest BCUT2D eigenvalue weighted by atomic mass is 9.90. The quantitative estimate of drug-likeness (QED) is 0.694. The van der Waals surface area contributed by atoms with E-state index in [4.69, 9.17) is 0 Å². The number of rotatable bonds is 5. The molecule has 1 N–H and O–H groups in total. The Kier molecular flexibility index (Phi) is 5.62. The van der Waals surface area contributed by atoms with E-state index in [-0.39, 0.29) is 11.9 Å². The molecular formula is C21H26N6OS. The third-order valence-corrected chi connectivity index (χ3v) is 6.39. The second kappa shape index (κ2) is 8.32. The van der Waals surface area contributed by atoms with Crippen molar-refractivity contribution in [1.29, 1.82) is 0 Å². The minimum Gasteiger partial charge on any atom is -0.359 e. The van der Waals surface area contributed by atoms with Crippen molar-refractivity contribution in [2.45, 2.75) is 39.7 Å². The molecule has 29 heavy (non-hydrogen) atoms. The standard InChI is InChI=1S/C21H26N6OS/c1-14-6-7-17(18(11-14)27-23-8-9-24-27)20(28)26-10-4-5-15(2)19(26)12-22-21-25-16(3)13-29-21/h6-9,11,13,15,19H,4-5,10,12H2,1-3H3,(H,22,25)/t15-,19-/m1/s1. The average Bonchev–Trinajstić information content (AvgIpc) is 3.38. The summed E-state index contributed by atoms with van der Waals surface area (Å²) in [5.74, 6) is 0.448. The van der Waals surface area contributed by atoms with E-state index < -0.39 is 0 Å². The molecule has 4 rings (SSSR count). The van der Waals surface area contributed by atoms with Gasteiger partial charge in [-0.2, -0.15) is 15.0 Å². The van der Waals surface area contributed by atoms with Crippen LogP contribution in [-0.2, 0) is 0 Å². The summed E-state index contributed by atoms with van der Waals surface area (Å²) in [6, 6.07) is 5.94. The molecule has 8 heteroatoms. The molecule has 152 valence electrons. The maximum absolute atomic E-state index is 13.6. The molecular weight excluding hydrogens is 384 g/mol. The lowest BCUT2D eigenvalue weighted by molar-refractivity contribution is 0.0540. The van der Waals surface area contributed by atoms with Crippen LogP contribution < -0.4 is 5.32 Å². The molecule has 0 aliphatic carbocycles. The Morgan fingerprint density at radius 3 is 2.79 bits per heavy atom. The fourth-order valence-electron chi connectivity index (χ4n) is 3.92. The van der Waals surface area contributed by atoms with Gasteiger partial charge in [0.25, 0.3) is 5.91 Å². The highest BCUT2D eigenvalue weighted by molar-refractivity contribution is 7.13. The maximum Gasteiger partial charge on any atom is 0.256 e. The van der Waals surface area contributed by atoms with E-state index in [9.17, 15) is 4.79 Å². The second-order valence-corrected chi connectivity index (χ2v) is 8.56. The van der Waals surface area contributed by atoms with Gasteiger partial charge in [0.2, 0.25) is 0 Å². The first-order valence-corrected chi connectivity index (χ1v) is 10.8. The van der Waals surface area contributed by atoms with Crippen molar-refractivity contribution in [2.24, 2.45) is 5.92 Å². The molecule has 3 aromatic rings. The number of hydrogen-bond donors (Lipinski definition) is 1. The lowest BCUT2D eigenvalue weighted by Crippen LogP contribution is -2.51. The Morgan fingerprint density at radius 2 is 2.07 bits per heavy atom. The van der Waals surface area contributed by atoms with Crippen LogP contribution in [0.15, 0.2) is 36.0 Å². The van der Waals surface area contributed by atoms with E-state index in [0.717, 1.165) is 41.5 Å². The summed E-state index contributed by atoms with van der Waals surface area (Å²) in [4.78, 5) is 21.6. The van der Waals surface area contributed by atoms with Gasteiger partial charge < -0.3 is 10.2 Å². The highest BCUT2D eigenvalue weighted by Crippen LogP contribution is 2.28. The summed E-state index contributed by atoms with van der Waals surface area (Å²) in [6.45, 7) is 7.67. The van der Waals surface area contributed by atoms with Gasteiger partial charge in [-0.3, -0.25) is 4.79 Å². The van der Waals surface area contributed by atoms with Crippen molar-refractivity contribution in [1.82, 2.24) is 24.9 Å². The highest BCUT2D eigenvalue weighted by Gasteiger charge is 2.33. The average molecular weight is 411 g/mol. The molecule has 0 radical (unpaired) electrons. The second-order valence-electron chi connectivity index (χ2n) is 7.70. The van der Waals surface area contributed by atoms with Crippen LogP contribution in [0.4, 0.5) is 5.13 Å². The van der Waals surface area contributed by atoms with Gasteiger partial charge in [-0.15, -0.1) is 11.3 Å². The largest absolute Gasteiger partial charge is 0.359 e. The van der Waals surface area contributed by atoms with Crippen LogP contribution in [-0.4, -0.2) is 49.9 Å². The molecule has 0 unspecified atom stereocenters. The first kappa shape index (κ1) is 19.6. The Morgan fingerprint density at radius 1 is 1.28 bits per heavy atom. The summed E-state index contributed by atoms with van der Waals surface area (Å²) in [5.41, 5.74) is 3.44. The van der Waals surface area contributed by atoms with Gasteiger partial charge in [-0.05, 0) is 50.3 Å². The highest BCUT2D eigenvalue weighted by atomic mass is 32.1. The lowest BCUT2D eigenvalue weighted by Gasteiger charge is -2.40. The summed E-state index contributed by atoms with van der Waals surface area (Å²) < 4.78 is 0. The number of likely N-dealkylation sites (tertiary alicyclic amines) is 1. The third-order valence-electron chi connectivity index (χ3n) is 5.48. The predicted octanol–water partition coefficient (Wildman–Crippen LogP) is 3.69. The molecule has 7 nitrogen and oxygen atoms in total. The van der Waals surface area contributed by atoms with Crippen LogP contribution in [0.1, 0.15) is 41.4 Å². The van der Waals surface area contributed by atoms with E-state index in [1.54, 1.807) is 23.7 Å². The minimum atomic E-state index is 0.0333. The number of aromatic nitrogens is 4. The van der Waals surface area contributed by atoms with Crippen molar-refractivity contribution >= 4 is 22.4 Å². The van der Waals surface area contributed by atoms with Crippen molar-refractivity contribution < 1.29 is 4.79 Å². The van der Waals surface area contributed by atoms with Crippen LogP contribution in [0.25, 0.3) is 5.69 Å². The molecule has 1 saturated heterocycles. The summed E-state index contributed by atoms with van der Waals surface area (Å²) in [5, 5.41) is 14.9. The van der Waals surface area contributed by atoms with E-state index in [2.05, 4.69) is 27.4 Å². The Balaban J connectivity index is 1.60. The van der Waals surface area contributed by atoms with Crippen molar-refractivity contribution in [3.8, 4) is 5.69 Å². The van der Waals surface area contributed by atoms with Crippen molar-refractivity contribution in [3.63, 3.8) is 0 Å². The van der Waals surface area contributed by atoms with E-state index in [0.29, 0.717) is 18.0 Å². The summed E-state index contributed by atoms with van der Waals surface area (Å²) in [6.07, 6.45) is 5.39. The molecule has 1 aromatic carbocycles. The van der Waals surface area contributed by atoms with E-state index in [1.807, 2.05) is 42.3 Å². The molecule has 1 amide bonds.